The molecule has 4 heteroatoms. The summed E-state index contributed by atoms with van der Waals surface area (Å²) in [5.41, 5.74) is -0.543. The van der Waals surface area contributed by atoms with Crippen LogP contribution >= 0.6 is 0 Å². The van der Waals surface area contributed by atoms with Crippen LogP contribution < -0.4 is 5.32 Å². The molecule has 0 radical (unpaired) electrons. The first-order chi connectivity index (χ1) is 9.53. The van der Waals surface area contributed by atoms with Gasteiger partial charge in [0.15, 0.2) is 0 Å². The van der Waals surface area contributed by atoms with E-state index < -0.39 is 5.54 Å². The van der Waals surface area contributed by atoms with Gasteiger partial charge in [0, 0.05) is 13.1 Å². The number of unbranched alkanes of at least 4 members (excludes halogenated alkanes) is 2. The minimum absolute atomic E-state index is 0.115. The molecule has 0 rings (SSSR count). The number of nitrogens with zero attached hydrogens (tertiary/aromatic N) is 1. The molecule has 20 heavy (non-hydrogen) atoms. The van der Waals surface area contributed by atoms with Gasteiger partial charge in [0.2, 0.25) is 0 Å². The number of carbonyl (C=O) groups is 1. The fraction of sp³-hybridized carbons (Fsp3) is 0.938. The first-order valence-corrected chi connectivity index (χ1v) is 8.18. The van der Waals surface area contributed by atoms with Crippen LogP contribution in [0.5, 0.6) is 0 Å². The molecular weight excluding hydrogens is 252 g/mol. The summed E-state index contributed by atoms with van der Waals surface area (Å²) in [5.74, 6) is -0.115. The van der Waals surface area contributed by atoms with Gasteiger partial charge in [0.05, 0.1) is 6.61 Å². The number of rotatable bonds is 12. The lowest BCUT2D eigenvalue weighted by Crippen LogP contribution is -2.52. The summed E-state index contributed by atoms with van der Waals surface area (Å²) in [5, 5.41) is 3.42. The maximum absolute atomic E-state index is 12.2. The van der Waals surface area contributed by atoms with Crippen molar-refractivity contribution in [3.8, 4) is 0 Å². The number of hydrogen-bond donors (Lipinski definition) is 1. The van der Waals surface area contributed by atoms with E-state index >= 15 is 0 Å². The lowest BCUT2D eigenvalue weighted by atomic mass is 9.94. The summed E-state index contributed by atoms with van der Waals surface area (Å²) < 4.78 is 5.23. The van der Waals surface area contributed by atoms with Gasteiger partial charge in [-0.25, -0.2) is 0 Å². The van der Waals surface area contributed by atoms with Gasteiger partial charge in [-0.15, -0.1) is 0 Å². The highest BCUT2D eigenvalue weighted by atomic mass is 16.5. The Bertz CT molecular complexity index is 255. The quantitative estimate of drug-likeness (QED) is 0.442. The van der Waals surface area contributed by atoms with Crippen molar-refractivity contribution in [2.75, 3.05) is 32.8 Å². The van der Waals surface area contributed by atoms with Crippen LogP contribution in [0.2, 0.25) is 0 Å². The van der Waals surface area contributed by atoms with Crippen molar-refractivity contribution in [2.24, 2.45) is 0 Å². The van der Waals surface area contributed by atoms with Gasteiger partial charge in [-0.2, -0.15) is 0 Å². The van der Waals surface area contributed by atoms with Gasteiger partial charge >= 0.3 is 5.97 Å². The zero-order chi connectivity index (χ0) is 15.4. The van der Waals surface area contributed by atoms with Gasteiger partial charge in [0.1, 0.15) is 5.54 Å². The van der Waals surface area contributed by atoms with E-state index in [9.17, 15) is 4.79 Å². The van der Waals surface area contributed by atoms with E-state index in [0.29, 0.717) is 6.61 Å². The molecule has 0 saturated heterocycles. The van der Waals surface area contributed by atoms with E-state index in [1.54, 1.807) is 0 Å². The van der Waals surface area contributed by atoms with Crippen LogP contribution in [0.4, 0.5) is 0 Å². The van der Waals surface area contributed by atoms with Crippen LogP contribution in [0.15, 0.2) is 0 Å². The molecule has 1 unspecified atom stereocenters. The number of hydrogen-bond acceptors (Lipinski definition) is 4. The molecule has 1 N–H and O–H groups in total. The van der Waals surface area contributed by atoms with Crippen molar-refractivity contribution < 1.29 is 9.53 Å². The first kappa shape index (κ1) is 19.4. The number of likely N-dealkylation sites (N-methyl/N-ethyl adjacent to an activating group) is 1. The van der Waals surface area contributed by atoms with E-state index in [1.807, 2.05) is 13.8 Å². The van der Waals surface area contributed by atoms with Crippen LogP contribution in [0.1, 0.15) is 60.3 Å². The van der Waals surface area contributed by atoms with E-state index in [1.165, 1.54) is 6.42 Å². The Morgan fingerprint density at radius 2 is 1.80 bits per heavy atom. The fourth-order valence-corrected chi connectivity index (χ4v) is 2.31. The molecule has 0 aliphatic heterocycles. The highest BCUT2D eigenvalue weighted by Gasteiger charge is 2.33. The second kappa shape index (κ2) is 11.1. The number of carbonyl (C=O) groups excluding carboxylic acids is 1. The van der Waals surface area contributed by atoms with Crippen LogP contribution in [0.3, 0.4) is 0 Å². The third kappa shape index (κ3) is 7.25. The van der Waals surface area contributed by atoms with Crippen molar-refractivity contribution in [1.82, 2.24) is 10.2 Å². The van der Waals surface area contributed by atoms with E-state index in [2.05, 4.69) is 31.0 Å². The molecule has 0 aromatic rings. The van der Waals surface area contributed by atoms with Crippen LogP contribution in [-0.2, 0) is 9.53 Å². The predicted octanol–water partition coefficient (Wildman–Crippen LogP) is 2.82. The lowest BCUT2D eigenvalue weighted by molar-refractivity contribution is -0.150. The van der Waals surface area contributed by atoms with E-state index in [0.717, 1.165) is 45.4 Å². The molecule has 0 amide bonds. The highest BCUT2D eigenvalue weighted by molar-refractivity contribution is 5.80. The standard InChI is InChI=1S/C16H34N2O2/c1-6-10-11-12-16(5,15(19)20-9-4)17-13-14-18(7-2)8-3/h17H,6-14H2,1-5H3. The average Bonchev–Trinajstić information content (AvgIpc) is 2.44. The van der Waals surface area contributed by atoms with Crippen molar-refractivity contribution >= 4 is 5.97 Å². The minimum atomic E-state index is -0.543. The number of nitrogens with one attached hydrogen (secondary N) is 1. The summed E-state index contributed by atoms with van der Waals surface area (Å²) in [6.07, 6.45) is 4.23. The molecule has 0 fully saturated rings. The summed E-state index contributed by atoms with van der Waals surface area (Å²) in [4.78, 5) is 14.5. The number of esters is 1. The Hall–Kier alpha value is -0.610. The smallest absolute Gasteiger partial charge is 0.326 e. The van der Waals surface area contributed by atoms with E-state index in [4.69, 9.17) is 4.74 Å². The molecule has 0 bridgehead atoms. The summed E-state index contributed by atoms with van der Waals surface area (Å²) >= 11 is 0. The third-order valence-corrected chi connectivity index (χ3v) is 3.84. The maximum Gasteiger partial charge on any atom is 0.326 e. The second-order valence-corrected chi connectivity index (χ2v) is 5.46. The second-order valence-electron chi connectivity index (χ2n) is 5.46. The Balaban J connectivity index is 4.39. The molecule has 1 atom stereocenters. The van der Waals surface area contributed by atoms with Crippen molar-refractivity contribution in [3.05, 3.63) is 0 Å². The zero-order valence-corrected chi connectivity index (χ0v) is 14.1. The Labute approximate surface area is 125 Å². The minimum Gasteiger partial charge on any atom is -0.465 e. The summed E-state index contributed by atoms with van der Waals surface area (Å²) in [6.45, 7) is 14.7. The van der Waals surface area contributed by atoms with Gasteiger partial charge in [-0.05, 0) is 33.4 Å². The Morgan fingerprint density at radius 3 is 2.30 bits per heavy atom. The number of ether oxygens (including phenoxy) is 1. The molecule has 0 aliphatic rings. The van der Waals surface area contributed by atoms with Gasteiger partial charge in [-0.3, -0.25) is 4.79 Å². The normalized spacial score (nSPS) is 14.3. The largest absolute Gasteiger partial charge is 0.465 e. The lowest BCUT2D eigenvalue weighted by Gasteiger charge is -2.30. The third-order valence-electron chi connectivity index (χ3n) is 3.84. The van der Waals surface area contributed by atoms with Crippen molar-refractivity contribution in [3.63, 3.8) is 0 Å². The molecule has 0 aromatic heterocycles. The molecule has 0 aliphatic carbocycles. The average molecular weight is 286 g/mol. The SMILES string of the molecule is CCCCCC(C)(NCCN(CC)CC)C(=O)OCC. The van der Waals surface area contributed by atoms with Crippen molar-refractivity contribution in [1.29, 1.82) is 0 Å². The molecular formula is C16H34N2O2. The van der Waals surface area contributed by atoms with Gasteiger partial charge in [-0.1, -0.05) is 40.0 Å². The van der Waals surface area contributed by atoms with Crippen LogP contribution in [0.25, 0.3) is 0 Å². The Morgan fingerprint density at radius 1 is 1.15 bits per heavy atom. The summed E-state index contributed by atoms with van der Waals surface area (Å²) in [7, 11) is 0. The van der Waals surface area contributed by atoms with Crippen molar-refractivity contribution in [2.45, 2.75) is 65.8 Å². The molecule has 120 valence electrons. The van der Waals surface area contributed by atoms with E-state index in [-0.39, 0.29) is 5.97 Å². The molecule has 0 saturated carbocycles. The van der Waals surface area contributed by atoms with Gasteiger partial charge in [0.25, 0.3) is 0 Å². The van der Waals surface area contributed by atoms with Gasteiger partial charge < -0.3 is 15.0 Å². The Kier molecular flexibility index (Phi) is 10.8. The first-order valence-electron chi connectivity index (χ1n) is 8.18. The van der Waals surface area contributed by atoms with Crippen LogP contribution in [0, 0.1) is 0 Å². The molecule has 4 nitrogen and oxygen atoms in total. The summed E-state index contributed by atoms with van der Waals surface area (Å²) in [6, 6.07) is 0. The van der Waals surface area contributed by atoms with Crippen LogP contribution in [-0.4, -0.2) is 49.2 Å². The molecule has 0 heterocycles. The molecule has 0 spiro atoms. The highest BCUT2D eigenvalue weighted by Crippen LogP contribution is 2.17. The monoisotopic (exact) mass is 286 g/mol. The topological polar surface area (TPSA) is 41.6 Å². The molecule has 0 aromatic carbocycles. The maximum atomic E-state index is 12.2. The zero-order valence-electron chi connectivity index (χ0n) is 14.1. The predicted molar refractivity (Wildman–Crippen MR) is 85.0 cm³/mol. The fourth-order valence-electron chi connectivity index (χ4n) is 2.31.